The third kappa shape index (κ3) is 6.59. The van der Waals surface area contributed by atoms with Gasteiger partial charge in [-0.25, -0.2) is 13.2 Å². The van der Waals surface area contributed by atoms with Gasteiger partial charge in [-0.05, 0) is 49.8 Å². The van der Waals surface area contributed by atoms with E-state index in [0.717, 1.165) is 12.1 Å². The molecule has 1 saturated heterocycles. The maximum atomic E-state index is 13.9. The number of nitrogens with one attached hydrogen (secondary N) is 1. The monoisotopic (exact) mass is 584 g/mol. The highest BCUT2D eigenvalue weighted by molar-refractivity contribution is 7.92. The fraction of sp³-hybridized carbons (Fsp3) is 0.577. The number of halogens is 3. The summed E-state index contributed by atoms with van der Waals surface area (Å²) in [7, 11) is -2.66. The van der Waals surface area contributed by atoms with Crippen molar-refractivity contribution in [3.63, 3.8) is 0 Å². The van der Waals surface area contributed by atoms with Crippen LogP contribution in [0.25, 0.3) is 11.1 Å². The summed E-state index contributed by atoms with van der Waals surface area (Å²) < 4.78 is 79.7. The second-order valence-electron chi connectivity index (χ2n) is 10.9. The summed E-state index contributed by atoms with van der Waals surface area (Å²) in [5.74, 6) is 0. The van der Waals surface area contributed by atoms with Gasteiger partial charge < -0.3 is 19.9 Å². The number of carboxylic acid groups (broad SMARTS) is 1. The minimum Gasteiger partial charge on any atom is -0.465 e. The smallest absolute Gasteiger partial charge is 0.417 e. The normalized spacial score (nSPS) is 22.8. The van der Waals surface area contributed by atoms with Crippen molar-refractivity contribution in [2.24, 2.45) is 5.41 Å². The number of sulfone groups is 1. The number of methoxy groups -OCH3 is 1. The Labute approximate surface area is 230 Å². The molecule has 5 rings (SSSR count). The van der Waals surface area contributed by atoms with Crippen molar-refractivity contribution in [2.45, 2.75) is 73.5 Å². The van der Waals surface area contributed by atoms with Crippen molar-refractivity contribution in [3.05, 3.63) is 36.2 Å². The number of nitriles is 1. The molecule has 3 fully saturated rings. The van der Waals surface area contributed by atoms with Gasteiger partial charge in [0.05, 0.1) is 53.8 Å². The Morgan fingerprint density at radius 2 is 2.00 bits per heavy atom. The van der Waals surface area contributed by atoms with Crippen LogP contribution in [0.5, 0.6) is 0 Å². The van der Waals surface area contributed by atoms with E-state index < -0.39 is 43.4 Å². The fourth-order valence-corrected chi connectivity index (χ4v) is 6.89. The van der Waals surface area contributed by atoms with E-state index >= 15 is 0 Å². The van der Waals surface area contributed by atoms with Crippen LogP contribution in [0.2, 0.25) is 0 Å². The molecule has 0 unspecified atom stereocenters. The van der Waals surface area contributed by atoms with Crippen LogP contribution >= 0.6 is 0 Å². The number of carbonyl (C=O) groups is 1. The molecule has 0 bridgehead atoms. The van der Waals surface area contributed by atoms with Gasteiger partial charge in [-0.15, -0.1) is 0 Å². The summed E-state index contributed by atoms with van der Waals surface area (Å²) >= 11 is 0. The summed E-state index contributed by atoms with van der Waals surface area (Å²) in [6.07, 6.45) is -0.697. The van der Waals surface area contributed by atoms with Crippen molar-refractivity contribution in [3.8, 4) is 17.2 Å². The van der Waals surface area contributed by atoms with Gasteiger partial charge >= 0.3 is 12.3 Å². The van der Waals surface area contributed by atoms with Crippen LogP contribution in [0.3, 0.4) is 0 Å². The molecule has 1 aromatic carbocycles. The highest BCUT2D eigenvalue weighted by atomic mass is 32.2. The zero-order chi connectivity index (χ0) is 29.3. The highest BCUT2D eigenvalue weighted by Gasteiger charge is 2.45. The highest BCUT2D eigenvalue weighted by Crippen LogP contribution is 2.41. The molecule has 2 aliphatic carbocycles. The molecule has 1 amide bonds. The second-order valence-corrected chi connectivity index (χ2v) is 13.1. The topological polar surface area (TPSA) is 144 Å². The molecule has 0 radical (unpaired) electrons. The van der Waals surface area contributed by atoms with Crippen molar-refractivity contribution in [2.75, 3.05) is 20.3 Å². The van der Waals surface area contributed by atoms with E-state index in [1.54, 1.807) is 10.9 Å². The first-order chi connectivity index (χ1) is 18.7. The van der Waals surface area contributed by atoms with Crippen LogP contribution in [0.15, 0.2) is 35.5 Å². The fourth-order valence-electron chi connectivity index (χ4n) is 4.88. The Morgan fingerprint density at radius 1 is 1.30 bits per heavy atom. The number of nitrogens with zero attached hydrogens (tertiary/aromatic N) is 3. The molecule has 2 saturated carbocycles. The first-order valence-electron chi connectivity index (χ1n) is 12.7. The summed E-state index contributed by atoms with van der Waals surface area (Å²) in [5.41, 5.74) is -1.14. The molecule has 2 N–H and O–H groups in total. The minimum absolute atomic E-state index is 0.0420. The van der Waals surface area contributed by atoms with Crippen molar-refractivity contribution in [1.82, 2.24) is 15.1 Å². The minimum atomic E-state index is -4.80. The summed E-state index contributed by atoms with van der Waals surface area (Å²) in [6, 6.07) is 5.29. The molecule has 218 valence electrons. The molecule has 40 heavy (non-hydrogen) atoms. The van der Waals surface area contributed by atoms with Crippen molar-refractivity contribution < 1.29 is 41.0 Å². The number of benzene rings is 1. The molecule has 1 aromatic heterocycles. The lowest BCUT2D eigenvalue weighted by Crippen LogP contribution is -2.43. The van der Waals surface area contributed by atoms with Gasteiger partial charge in [0.15, 0.2) is 9.84 Å². The molecule has 2 atom stereocenters. The van der Waals surface area contributed by atoms with Crippen LogP contribution in [0, 0.1) is 16.7 Å². The van der Waals surface area contributed by atoms with Gasteiger partial charge in [0.2, 0.25) is 0 Å². The Morgan fingerprint density at radius 3 is 2.48 bits per heavy atom. The molecule has 1 aliphatic heterocycles. The lowest BCUT2D eigenvalue weighted by molar-refractivity contribution is -0.139. The Kier molecular flexibility index (Phi) is 8.22. The number of hydrogen-bond acceptors (Lipinski definition) is 7. The van der Waals surface area contributed by atoms with Crippen molar-refractivity contribution >= 4 is 15.9 Å². The average Bonchev–Trinajstić information content (AvgIpc) is 3.26. The van der Waals surface area contributed by atoms with E-state index in [0.29, 0.717) is 44.6 Å². The van der Waals surface area contributed by atoms with Crippen LogP contribution in [-0.2, 0) is 32.0 Å². The molecule has 3 aliphatic rings. The molecule has 10 nitrogen and oxygen atoms in total. The van der Waals surface area contributed by atoms with E-state index in [4.69, 9.17) is 19.8 Å². The number of rotatable bonds is 7. The van der Waals surface area contributed by atoms with Gasteiger partial charge in [-0.1, -0.05) is 13.0 Å². The quantitative estimate of drug-likeness (QED) is 0.492. The number of hydrogen-bond donors (Lipinski definition) is 2. The van der Waals surface area contributed by atoms with Gasteiger partial charge in [0, 0.05) is 24.3 Å². The van der Waals surface area contributed by atoms with Gasteiger partial charge in [0.25, 0.3) is 0 Å². The standard InChI is InChI=1S/C21H25F3N2O4S.C5H6N2O2/c1-20(12-30-13-20)11-26-10-15(9-25-26)14-3-6-19(18(7-14)21(22,23)24)31(27,28)17-5-4-16(8-17)29-2;6-3-5(1-2-5)7-4(8)9/h3,6-7,9-10,16-17H,4-5,8,11-13H2,1-2H3;7H,1-2H2,(H,8,9)/t16-,17-;/m0./s1. The van der Waals surface area contributed by atoms with Gasteiger partial charge in [-0.3, -0.25) is 4.68 Å². The van der Waals surface area contributed by atoms with E-state index in [2.05, 4.69) is 17.3 Å². The third-order valence-corrected chi connectivity index (χ3v) is 9.70. The third-order valence-electron chi connectivity index (χ3n) is 7.42. The maximum absolute atomic E-state index is 13.9. The van der Waals surface area contributed by atoms with Crippen molar-refractivity contribution in [1.29, 1.82) is 5.26 Å². The van der Waals surface area contributed by atoms with Crippen LogP contribution in [0.4, 0.5) is 18.0 Å². The van der Waals surface area contributed by atoms with Crippen LogP contribution in [-0.4, -0.2) is 66.6 Å². The SMILES string of the molecule is CO[C@H]1CC[C@H](S(=O)(=O)c2ccc(-c3cnn(CC4(C)COC4)c3)cc2C(F)(F)F)C1.N#CC1(NC(=O)O)CC1. The lowest BCUT2D eigenvalue weighted by atomic mass is 9.89. The predicted octanol–water partition coefficient (Wildman–Crippen LogP) is 4.26. The van der Waals surface area contributed by atoms with Gasteiger partial charge in [-0.2, -0.15) is 23.5 Å². The summed E-state index contributed by atoms with van der Waals surface area (Å²) in [4.78, 5) is 9.28. The number of ether oxygens (including phenoxy) is 2. The Balaban J connectivity index is 0.000000350. The van der Waals surface area contributed by atoms with Crippen LogP contribution in [0.1, 0.15) is 44.6 Å². The zero-order valence-corrected chi connectivity index (χ0v) is 22.9. The summed E-state index contributed by atoms with van der Waals surface area (Å²) in [6.45, 7) is 3.86. The molecular formula is C26H31F3N4O6S. The predicted molar refractivity (Wildman–Crippen MR) is 136 cm³/mol. The number of alkyl halides is 3. The molecule has 14 heteroatoms. The average molecular weight is 585 g/mol. The molecular weight excluding hydrogens is 553 g/mol. The first kappa shape index (κ1) is 29.8. The Hall–Kier alpha value is -3.15. The van der Waals surface area contributed by atoms with E-state index in [1.807, 2.05) is 6.07 Å². The van der Waals surface area contributed by atoms with E-state index in [1.165, 1.54) is 19.4 Å². The van der Waals surface area contributed by atoms with Crippen LogP contribution < -0.4 is 5.32 Å². The van der Waals surface area contributed by atoms with E-state index in [-0.39, 0.29) is 29.9 Å². The molecule has 0 spiro atoms. The largest absolute Gasteiger partial charge is 0.465 e. The second kappa shape index (κ2) is 11.0. The summed E-state index contributed by atoms with van der Waals surface area (Å²) in [5, 5.41) is 22.0. The molecule has 2 heterocycles. The number of amides is 1. The first-order valence-corrected chi connectivity index (χ1v) is 14.3. The van der Waals surface area contributed by atoms with Gasteiger partial charge in [0.1, 0.15) is 5.54 Å². The Bertz CT molecular complexity index is 1390. The number of aromatic nitrogens is 2. The zero-order valence-electron chi connectivity index (χ0n) is 22.1. The molecule has 2 aromatic rings. The van der Waals surface area contributed by atoms with E-state index in [9.17, 15) is 26.4 Å². The maximum Gasteiger partial charge on any atom is 0.417 e. The lowest BCUT2D eigenvalue weighted by Gasteiger charge is -2.37.